The lowest BCUT2D eigenvalue weighted by Gasteiger charge is -2.32. The largest absolute Gasteiger partial charge is 0.348 e. The molecule has 0 bridgehead atoms. The van der Waals surface area contributed by atoms with Crippen LogP contribution in [0, 0.1) is 12.8 Å². The quantitative estimate of drug-likeness (QED) is 0.915. The number of nitrogens with one attached hydrogen (secondary N) is 1. The number of hydrogen-bond donors (Lipinski definition) is 1. The molecule has 1 saturated heterocycles. The molecule has 1 fully saturated rings. The third kappa shape index (κ3) is 4.07. The van der Waals surface area contributed by atoms with Crippen molar-refractivity contribution < 1.29 is 4.79 Å². The number of carbonyl (C=O) groups excluding carboxylic acids is 1. The second-order valence-corrected chi connectivity index (χ2v) is 6.20. The van der Waals surface area contributed by atoms with Gasteiger partial charge >= 0.3 is 0 Å². The highest BCUT2D eigenvalue weighted by atomic mass is 16.1. The monoisotopic (exact) mass is 274 g/mol. The molecule has 1 aromatic rings. The molecule has 1 heterocycles. The van der Waals surface area contributed by atoms with Gasteiger partial charge in [0.05, 0.1) is 0 Å². The van der Waals surface area contributed by atoms with E-state index in [2.05, 4.69) is 24.1 Å². The van der Waals surface area contributed by atoms with Crippen LogP contribution in [0.15, 0.2) is 24.3 Å². The summed E-state index contributed by atoms with van der Waals surface area (Å²) in [7, 11) is 0. The van der Waals surface area contributed by atoms with Gasteiger partial charge in [0.2, 0.25) is 0 Å². The minimum Gasteiger partial charge on any atom is -0.348 e. The predicted octanol–water partition coefficient (Wildman–Crippen LogP) is 2.85. The van der Waals surface area contributed by atoms with Gasteiger partial charge in [0.1, 0.15) is 0 Å². The number of rotatable bonds is 4. The van der Waals surface area contributed by atoms with Crippen LogP contribution in [0.3, 0.4) is 0 Å². The van der Waals surface area contributed by atoms with Crippen LogP contribution < -0.4 is 5.32 Å². The zero-order valence-electron chi connectivity index (χ0n) is 12.9. The van der Waals surface area contributed by atoms with E-state index in [4.69, 9.17) is 0 Å². The van der Waals surface area contributed by atoms with E-state index in [0.29, 0.717) is 0 Å². The van der Waals surface area contributed by atoms with Gasteiger partial charge in [-0.3, -0.25) is 4.79 Å². The minimum absolute atomic E-state index is 0.0423. The molecule has 1 N–H and O–H groups in total. The molecule has 1 amide bonds. The van der Waals surface area contributed by atoms with Crippen LogP contribution in [0.5, 0.6) is 0 Å². The Morgan fingerprint density at radius 2 is 2.20 bits per heavy atom. The van der Waals surface area contributed by atoms with E-state index in [-0.39, 0.29) is 11.9 Å². The lowest BCUT2D eigenvalue weighted by Crippen LogP contribution is -2.45. The van der Waals surface area contributed by atoms with Crippen molar-refractivity contribution >= 4 is 5.91 Å². The Morgan fingerprint density at radius 3 is 2.90 bits per heavy atom. The van der Waals surface area contributed by atoms with E-state index >= 15 is 0 Å². The summed E-state index contributed by atoms with van der Waals surface area (Å²) in [5.41, 5.74) is 1.81. The summed E-state index contributed by atoms with van der Waals surface area (Å²) in [5, 5.41) is 3.12. The van der Waals surface area contributed by atoms with Crippen LogP contribution >= 0.6 is 0 Å². The number of hydrogen-bond acceptors (Lipinski definition) is 2. The molecule has 3 nitrogen and oxygen atoms in total. The molecule has 2 rings (SSSR count). The van der Waals surface area contributed by atoms with E-state index < -0.39 is 0 Å². The molecule has 0 aliphatic carbocycles. The Hall–Kier alpha value is -1.35. The normalized spacial score (nSPS) is 21.4. The van der Waals surface area contributed by atoms with E-state index in [0.717, 1.165) is 36.7 Å². The SMILES string of the molecule is Cc1ccccc1C(=O)N[C@@H](C)CN1CCC[C@@H](C)C1. The van der Waals surface area contributed by atoms with E-state index in [1.54, 1.807) is 0 Å². The molecule has 1 aliphatic rings. The van der Waals surface area contributed by atoms with Crippen molar-refractivity contribution in [2.24, 2.45) is 5.92 Å². The van der Waals surface area contributed by atoms with Crippen molar-refractivity contribution in [3.63, 3.8) is 0 Å². The smallest absolute Gasteiger partial charge is 0.251 e. The Kier molecular flexibility index (Phi) is 5.18. The third-order valence-corrected chi connectivity index (χ3v) is 4.04. The number of aryl methyl sites for hydroxylation is 1. The molecule has 110 valence electrons. The summed E-state index contributed by atoms with van der Waals surface area (Å²) < 4.78 is 0. The van der Waals surface area contributed by atoms with Crippen molar-refractivity contribution in [1.29, 1.82) is 0 Å². The van der Waals surface area contributed by atoms with Crippen molar-refractivity contribution in [1.82, 2.24) is 10.2 Å². The highest BCUT2D eigenvalue weighted by molar-refractivity contribution is 5.95. The average Bonchev–Trinajstić information content (AvgIpc) is 2.38. The molecule has 0 aromatic heterocycles. The molecule has 0 saturated carbocycles. The van der Waals surface area contributed by atoms with Crippen molar-refractivity contribution in [2.45, 2.75) is 39.7 Å². The van der Waals surface area contributed by atoms with Gasteiger partial charge in [0.25, 0.3) is 5.91 Å². The minimum atomic E-state index is 0.0423. The van der Waals surface area contributed by atoms with Gasteiger partial charge < -0.3 is 10.2 Å². The molecule has 0 spiro atoms. The maximum atomic E-state index is 12.3. The maximum absolute atomic E-state index is 12.3. The Labute approximate surface area is 122 Å². The Balaban J connectivity index is 1.86. The first-order valence-corrected chi connectivity index (χ1v) is 7.65. The van der Waals surface area contributed by atoms with Crippen molar-refractivity contribution in [3.8, 4) is 0 Å². The zero-order chi connectivity index (χ0) is 14.5. The summed E-state index contributed by atoms with van der Waals surface area (Å²) >= 11 is 0. The number of benzene rings is 1. The summed E-state index contributed by atoms with van der Waals surface area (Å²) in [6, 6.07) is 7.93. The second-order valence-electron chi connectivity index (χ2n) is 6.20. The number of amides is 1. The molecule has 0 radical (unpaired) electrons. The second kappa shape index (κ2) is 6.89. The van der Waals surface area contributed by atoms with Gasteiger partial charge in [-0.15, -0.1) is 0 Å². The summed E-state index contributed by atoms with van der Waals surface area (Å²) in [4.78, 5) is 14.7. The molecule has 0 unspecified atom stereocenters. The lowest BCUT2D eigenvalue weighted by molar-refractivity contribution is 0.0919. The first-order valence-electron chi connectivity index (χ1n) is 7.65. The predicted molar refractivity (Wildman–Crippen MR) is 82.9 cm³/mol. The highest BCUT2D eigenvalue weighted by Gasteiger charge is 2.19. The van der Waals surface area contributed by atoms with Crippen LogP contribution in [-0.2, 0) is 0 Å². The van der Waals surface area contributed by atoms with Gasteiger partial charge in [-0.2, -0.15) is 0 Å². The van der Waals surface area contributed by atoms with Gasteiger partial charge in [0, 0.05) is 24.7 Å². The van der Waals surface area contributed by atoms with E-state index in [9.17, 15) is 4.79 Å². The third-order valence-electron chi connectivity index (χ3n) is 4.04. The fourth-order valence-electron chi connectivity index (χ4n) is 3.01. The molecule has 2 atom stereocenters. The summed E-state index contributed by atoms with van der Waals surface area (Å²) in [5.74, 6) is 0.823. The van der Waals surface area contributed by atoms with Crippen LogP contribution in [0.4, 0.5) is 0 Å². The number of nitrogens with zero attached hydrogens (tertiary/aromatic N) is 1. The zero-order valence-corrected chi connectivity index (χ0v) is 12.9. The maximum Gasteiger partial charge on any atom is 0.251 e. The first kappa shape index (κ1) is 15.0. The summed E-state index contributed by atoms with van der Waals surface area (Å²) in [6.07, 6.45) is 2.61. The van der Waals surface area contributed by atoms with Crippen LogP contribution in [0.1, 0.15) is 42.6 Å². The van der Waals surface area contributed by atoms with Gasteiger partial charge in [-0.25, -0.2) is 0 Å². The molecular formula is C17H26N2O. The van der Waals surface area contributed by atoms with E-state index in [1.807, 2.05) is 31.2 Å². The highest BCUT2D eigenvalue weighted by Crippen LogP contribution is 2.15. The number of piperidine rings is 1. The average molecular weight is 274 g/mol. The van der Waals surface area contributed by atoms with Gasteiger partial charge in [-0.1, -0.05) is 25.1 Å². The molecule has 3 heteroatoms. The fraction of sp³-hybridized carbons (Fsp3) is 0.588. The van der Waals surface area contributed by atoms with Gasteiger partial charge in [-0.05, 0) is 50.8 Å². The first-order chi connectivity index (χ1) is 9.56. The number of carbonyl (C=O) groups is 1. The molecule has 1 aliphatic heterocycles. The van der Waals surface area contributed by atoms with Crippen molar-refractivity contribution in [3.05, 3.63) is 35.4 Å². The van der Waals surface area contributed by atoms with Crippen LogP contribution in [0.2, 0.25) is 0 Å². The number of likely N-dealkylation sites (tertiary alicyclic amines) is 1. The summed E-state index contributed by atoms with van der Waals surface area (Å²) in [6.45, 7) is 9.64. The fourth-order valence-corrected chi connectivity index (χ4v) is 3.01. The van der Waals surface area contributed by atoms with Crippen LogP contribution in [0.25, 0.3) is 0 Å². The van der Waals surface area contributed by atoms with Gasteiger partial charge in [0.15, 0.2) is 0 Å². The lowest BCUT2D eigenvalue weighted by atomic mass is 10.00. The molecular weight excluding hydrogens is 248 g/mol. The topological polar surface area (TPSA) is 32.3 Å². The Morgan fingerprint density at radius 1 is 1.45 bits per heavy atom. The van der Waals surface area contributed by atoms with Crippen LogP contribution in [-0.4, -0.2) is 36.5 Å². The standard InChI is InChI=1S/C17H26N2O/c1-13-7-6-10-19(11-13)12-15(3)18-17(20)16-9-5-4-8-14(16)2/h4-5,8-9,13,15H,6-7,10-12H2,1-3H3,(H,18,20)/t13-,15+/m1/s1. The Bertz CT molecular complexity index is 458. The van der Waals surface area contributed by atoms with E-state index in [1.165, 1.54) is 12.8 Å². The molecule has 20 heavy (non-hydrogen) atoms. The van der Waals surface area contributed by atoms with Crippen molar-refractivity contribution in [2.75, 3.05) is 19.6 Å². The molecule has 1 aromatic carbocycles.